The number of pyridine rings is 1. The first-order valence-corrected chi connectivity index (χ1v) is 9.28. The topological polar surface area (TPSA) is 88.2 Å². The van der Waals surface area contributed by atoms with E-state index >= 15 is 0 Å². The molecule has 5 rings (SSSR count). The first-order chi connectivity index (χ1) is 13.7. The zero-order chi connectivity index (χ0) is 19.1. The van der Waals surface area contributed by atoms with Crippen molar-refractivity contribution in [2.45, 2.75) is 18.9 Å². The van der Waals surface area contributed by atoms with Gasteiger partial charge >= 0.3 is 0 Å². The monoisotopic (exact) mass is 374 g/mol. The highest BCUT2D eigenvalue weighted by atomic mass is 16.4. The van der Waals surface area contributed by atoms with Crippen LogP contribution in [-0.2, 0) is 6.54 Å². The Bertz CT molecular complexity index is 1130. The van der Waals surface area contributed by atoms with Crippen LogP contribution in [0.1, 0.15) is 35.4 Å². The van der Waals surface area contributed by atoms with Crippen molar-refractivity contribution in [2.75, 3.05) is 18.0 Å². The molecule has 140 valence electrons. The highest BCUT2D eigenvalue weighted by Crippen LogP contribution is 2.38. The van der Waals surface area contributed by atoms with E-state index in [0.29, 0.717) is 36.5 Å². The fourth-order valence-electron chi connectivity index (χ4n) is 4.29. The number of fused-ring (bicyclic) bond motifs is 4. The van der Waals surface area contributed by atoms with Gasteiger partial charge < -0.3 is 18.3 Å². The van der Waals surface area contributed by atoms with Crippen molar-refractivity contribution in [3.63, 3.8) is 0 Å². The number of piperidine rings is 1. The summed E-state index contributed by atoms with van der Waals surface area (Å²) >= 11 is 0. The Morgan fingerprint density at radius 1 is 1.18 bits per heavy atom. The molecule has 0 radical (unpaired) electrons. The Morgan fingerprint density at radius 3 is 2.93 bits per heavy atom. The molecule has 2 atom stereocenters. The van der Waals surface area contributed by atoms with Crippen LogP contribution in [0.5, 0.6) is 0 Å². The second-order valence-corrected chi connectivity index (χ2v) is 7.27. The number of nitriles is 1. The molecular weight excluding hydrogens is 356 g/mol. The van der Waals surface area contributed by atoms with Crippen molar-refractivity contribution >= 4 is 18.0 Å². The van der Waals surface area contributed by atoms with Gasteiger partial charge in [0.1, 0.15) is 11.8 Å². The Morgan fingerprint density at radius 2 is 2.11 bits per heavy atom. The van der Waals surface area contributed by atoms with Crippen LogP contribution in [0.25, 0.3) is 12.2 Å². The lowest BCUT2D eigenvalue weighted by Crippen LogP contribution is -2.47. The molecule has 1 saturated heterocycles. The minimum Gasteiger partial charge on any atom is -0.465 e. The van der Waals surface area contributed by atoms with Gasteiger partial charge in [-0.05, 0) is 36.6 Å². The Hall–Kier alpha value is -3.53. The van der Waals surface area contributed by atoms with Crippen molar-refractivity contribution in [3.05, 3.63) is 70.0 Å². The first-order valence-electron chi connectivity index (χ1n) is 9.28. The molecule has 0 aromatic carbocycles. The van der Waals surface area contributed by atoms with Gasteiger partial charge in [-0.3, -0.25) is 4.79 Å². The second kappa shape index (κ2) is 6.57. The maximum absolute atomic E-state index is 12.2. The van der Waals surface area contributed by atoms with Crippen molar-refractivity contribution in [3.8, 4) is 6.07 Å². The number of hydrogen-bond donors (Lipinski definition) is 0. The van der Waals surface area contributed by atoms with E-state index in [1.807, 2.05) is 22.8 Å². The SMILES string of the molecule is N#Cc1nc(C=Cc2ccco2)oc1N1C[C@H]2C[C@@H](C1)c1cccc(=O)n1C2. The summed E-state index contributed by atoms with van der Waals surface area (Å²) in [6, 6.07) is 11.2. The van der Waals surface area contributed by atoms with Crippen LogP contribution in [0, 0.1) is 17.2 Å². The minimum atomic E-state index is 0.0587. The van der Waals surface area contributed by atoms with Crippen LogP contribution in [0.2, 0.25) is 0 Å². The van der Waals surface area contributed by atoms with Crippen LogP contribution in [0.4, 0.5) is 5.88 Å². The standard InChI is InChI=1S/C21H18N4O3/c22-10-17-21(28-19(23-17)7-6-16-3-2-8-27-16)24-11-14-9-15(13-24)18-4-1-5-20(26)25(18)12-14/h1-8,14-15H,9,11-13H2/t14-,15+/m1/s1. The van der Waals surface area contributed by atoms with Gasteiger partial charge in [-0.15, -0.1) is 0 Å². The van der Waals surface area contributed by atoms with Gasteiger partial charge in [0.2, 0.25) is 17.5 Å². The van der Waals surface area contributed by atoms with E-state index in [9.17, 15) is 10.1 Å². The number of nitrogens with zero attached hydrogens (tertiary/aromatic N) is 4. The Balaban J connectivity index is 1.44. The summed E-state index contributed by atoms with van der Waals surface area (Å²) in [5.41, 5.74) is 1.40. The number of aromatic nitrogens is 2. The van der Waals surface area contributed by atoms with E-state index in [0.717, 1.165) is 18.7 Å². The van der Waals surface area contributed by atoms with Crippen LogP contribution in [0.15, 0.2) is 50.2 Å². The lowest BCUT2D eigenvalue weighted by atomic mass is 9.83. The zero-order valence-electron chi connectivity index (χ0n) is 15.1. The normalized spacial score (nSPS) is 20.9. The molecule has 0 aliphatic carbocycles. The smallest absolute Gasteiger partial charge is 0.250 e. The Labute approximate surface area is 161 Å². The number of rotatable bonds is 3. The summed E-state index contributed by atoms with van der Waals surface area (Å²) in [6.45, 7) is 2.14. The van der Waals surface area contributed by atoms with Crippen LogP contribution in [-0.4, -0.2) is 22.6 Å². The third-order valence-electron chi connectivity index (χ3n) is 5.43. The van der Waals surface area contributed by atoms with Gasteiger partial charge in [0.25, 0.3) is 5.56 Å². The van der Waals surface area contributed by atoms with E-state index < -0.39 is 0 Å². The maximum Gasteiger partial charge on any atom is 0.250 e. The molecule has 0 saturated carbocycles. The van der Waals surface area contributed by atoms with Crippen LogP contribution >= 0.6 is 0 Å². The zero-order valence-corrected chi connectivity index (χ0v) is 15.1. The fraction of sp³-hybridized carbons (Fsp3) is 0.286. The molecule has 7 heteroatoms. The molecule has 2 aliphatic heterocycles. The van der Waals surface area contributed by atoms with E-state index in [1.54, 1.807) is 30.5 Å². The largest absolute Gasteiger partial charge is 0.465 e. The summed E-state index contributed by atoms with van der Waals surface area (Å²) < 4.78 is 13.1. The highest BCUT2D eigenvalue weighted by Gasteiger charge is 2.36. The van der Waals surface area contributed by atoms with Crippen molar-refractivity contribution in [2.24, 2.45) is 5.92 Å². The molecule has 5 heterocycles. The third kappa shape index (κ3) is 2.83. The van der Waals surface area contributed by atoms with Gasteiger partial charge in [-0.2, -0.15) is 10.2 Å². The molecule has 1 fully saturated rings. The molecule has 7 nitrogen and oxygen atoms in total. The summed E-state index contributed by atoms with van der Waals surface area (Å²) in [7, 11) is 0. The molecule has 3 aromatic heterocycles. The number of furan rings is 1. The van der Waals surface area contributed by atoms with Gasteiger partial charge in [0.15, 0.2) is 0 Å². The molecule has 2 aliphatic rings. The lowest BCUT2D eigenvalue weighted by Gasteiger charge is -2.42. The van der Waals surface area contributed by atoms with Gasteiger partial charge in [0.05, 0.1) is 6.26 Å². The quantitative estimate of drug-likeness (QED) is 0.700. The highest BCUT2D eigenvalue weighted by molar-refractivity contribution is 5.64. The third-order valence-corrected chi connectivity index (χ3v) is 5.43. The molecule has 0 unspecified atom stereocenters. The second-order valence-electron chi connectivity index (χ2n) is 7.27. The summed E-state index contributed by atoms with van der Waals surface area (Å²) in [4.78, 5) is 18.6. The lowest BCUT2D eigenvalue weighted by molar-refractivity contribution is 0.275. The summed E-state index contributed by atoms with van der Waals surface area (Å²) in [5, 5.41) is 9.52. The summed E-state index contributed by atoms with van der Waals surface area (Å²) in [5.74, 6) is 2.14. The molecule has 0 spiro atoms. The average Bonchev–Trinajstić information content (AvgIpc) is 3.36. The van der Waals surface area contributed by atoms with Crippen molar-refractivity contribution in [1.29, 1.82) is 5.26 Å². The molecule has 28 heavy (non-hydrogen) atoms. The number of anilines is 1. The number of hydrogen-bond acceptors (Lipinski definition) is 6. The van der Waals surface area contributed by atoms with Gasteiger partial charge in [0, 0.05) is 43.4 Å². The van der Waals surface area contributed by atoms with Gasteiger partial charge in [-0.25, -0.2) is 0 Å². The fourth-order valence-corrected chi connectivity index (χ4v) is 4.29. The molecule has 2 bridgehead atoms. The molecule has 0 amide bonds. The van der Waals surface area contributed by atoms with E-state index in [1.165, 1.54) is 0 Å². The molecule has 3 aromatic rings. The predicted molar refractivity (Wildman–Crippen MR) is 103 cm³/mol. The maximum atomic E-state index is 12.2. The molecular formula is C21H18N4O3. The van der Waals surface area contributed by atoms with E-state index in [4.69, 9.17) is 8.83 Å². The van der Waals surface area contributed by atoms with Crippen LogP contribution < -0.4 is 10.5 Å². The van der Waals surface area contributed by atoms with E-state index in [2.05, 4.69) is 16.0 Å². The van der Waals surface area contributed by atoms with Gasteiger partial charge in [-0.1, -0.05) is 6.07 Å². The minimum absolute atomic E-state index is 0.0587. The van der Waals surface area contributed by atoms with Crippen molar-refractivity contribution < 1.29 is 8.83 Å². The Kier molecular flexibility index (Phi) is 3.90. The summed E-state index contributed by atoms with van der Waals surface area (Å²) in [6.07, 6.45) is 6.09. The van der Waals surface area contributed by atoms with Crippen LogP contribution in [0.3, 0.4) is 0 Å². The average molecular weight is 374 g/mol. The van der Waals surface area contributed by atoms with Crippen molar-refractivity contribution in [1.82, 2.24) is 9.55 Å². The first kappa shape index (κ1) is 16.6. The van der Waals surface area contributed by atoms with E-state index in [-0.39, 0.29) is 17.2 Å². The molecule has 0 N–H and O–H groups in total. The predicted octanol–water partition coefficient (Wildman–Crippen LogP) is 3.10. The number of oxazole rings is 1.